The first-order valence-corrected chi connectivity index (χ1v) is 6.78. The van der Waals surface area contributed by atoms with E-state index in [9.17, 15) is 0 Å². The number of rotatable bonds is 4. The minimum absolute atomic E-state index is 1.14. The Morgan fingerprint density at radius 2 is 1.94 bits per heavy atom. The normalized spacial score (nSPS) is 11.3. The number of nitrogens with zero attached hydrogens (tertiary/aromatic N) is 1. The average molecular weight is 292 g/mol. The molecule has 0 bridgehead atoms. The van der Waals surface area contributed by atoms with Gasteiger partial charge in [0.15, 0.2) is 0 Å². The molecule has 0 saturated carbocycles. The Hall–Kier alpha value is -0.860. The Kier molecular flexibility index (Phi) is 4.19. The van der Waals surface area contributed by atoms with Crippen molar-refractivity contribution in [2.45, 2.75) is 12.8 Å². The van der Waals surface area contributed by atoms with E-state index in [2.05, 4.69) is 71.3 Å². The Bertz CT molecular complexity index is 505. The monoisotopic (exact) mass is 291 g/mol. The fourth-order valence-corrected chi connectivity index (χ4v) is 2.47. The summed E-state index contributed by atoms with van der Waals surface area (Å²) in [6.45, 7) is 1.14. The molecule has 0 spiro atoms. The van der Waals surface area contributed by atoms with Gasteiger partial charge in [0.25, 0.3) is 0 Å². The lowest BCUT2D eigenvalue weighted by Gasteiger charge is -2.10. The van der Waals surface area contributed by atoms with Crippen LogP contribution in [-0.2, 0) is 6.42 Å². The Morgan fingerprint density at radius 3 is 2.71 bits per heavy atom. The van der Waals surface area contributed by atoms with Gasteiger partial charge in [0.1, 0.15) is 0 Å². The second-order valence-corrected chi connectivity index (χ2v) is 5.61. The third kappa shape index (κ3) is 3.30. The number of aryl methyl sites for hydroxylation is 1. The average Bonchev–Trinajstić information content (AvgIpc) is 2.29. The van der Waals surface area contributed by atoms with Gasteiger partial charge in [0.2, 0.25) is 0 Å². The van der Waals surface area contributed by atoms with Gasteiger partial charge in [-0.05, 0) is 62.0 Å². The SMILES string of the molecule is CN(C)CCCc1cccc2ccc(Br)cc12. The minimum atomic E-state index is 1.14. The van der Waals surface area contributed by atoms with Crippen LogP contribution in [0.4, 0.5) is 0 Å². The summed E-state index contributed by atoms with van der Waals surface area (Å²) in [6, 6.07) is 13.1. The van der Waals surface area contributed by atoms with Crippen LogP contribution in [0.5, 0.6) is 0 Å². The minimum Gasteiger partial charge on any atom is -0.309 e. The Labute approximate surface area is 112 Å². The highest BCUT2D eigenvalue weighted by atomic mass is 79.9. The van der Waals surface area contributed by atoms with Crippen molar-refractivity contribution >= 4 is 26.7 Å². The van der Waals surface area contributed by atoms with Gasteiger partial charge >= 0.3 is 0 Å². The van der Waals surface area contributed by atoms with Crippen molar-refractivity contribution < 1.29 is 0 Å². The maximum Gasteiger partial charge on any atom is 0.0181 e. The summed E-state index contributed by atoms with van der Waals surface area (Å²) >= 11 is 3.55. The quantitative estimate of drug-likeness (QED) is 0.820. The third-order valence-corrected chi connectivity index (χ3v) is 3.48. The lowest BCUT2D eigenvalue weighted by Crippen LogP contribution is -2.13. The molecule has 0 aromatic heterocycles. The van der Waals surface area contributed by atoms with Gasteiger partial charge in [-0.3, -0.25) is 0 Å². The summed E-state index contributed by atoms with van der Waals surface area (Å²) in [5.74, 6) is 0. The first-order valence-electron chi connectivity index (χ1n) is 5.99. The summed E-state index contributed by atoms with van der Waals surface area (Å²) in [5.41, 5.74) is 1.45. The van der Waals surface area contributed by atoms with E-state index in [0.29, 0.717) is 0 Å². The molecule has 1 nitrogen and oxygen atoms in total. The summed E-state index contributed by atoms with van der Waals surface area (Å²) in [7, 11) is 4.25. The molecule has 0 aliphatic rings. The van der Waals surface area contributed by atoms with Crippen molar-refractivity contribution in [2.75, 3.05) is 20.6 Å². The van der Waals surface area contributed by atoms with Crippen LogP contribution in [0.3, 0.4) is 0 Å². The predicted molar refractivity (Wildman–Crippen MR) is 78.5 cm³/mol. The van der Waals surface area contributed by atoms with E-state index in [0.717, 1.165) is 17.4 Å². The maximum atomic E-state index is 3.55. The van der Waals surface area contributed by atoms with Gasteiger partial charge in [-0.15, -0.1) is 0 Å². The van der Waals surface area contributed by atoms with Crippen molar-refractivity contribution in [3.05, 3.63) is 46.4 Å². The van der Waals surface area contributed by atoms with Crippen molar-refractivity contribution in [1.82, 2.24) is 4.90 Å². The molecule has 0 radical (unpaired) electrons. The lowest BCUT2D eigenvalue weighted by atomic mass is 10.0. The second-order valence-electron chi connectivity index (χ2n) is 4.69. The molecule has 2 aromatic rings. The van der Waals surface area contributed by atoms with Gasteiger partial charge in [-0.2, -0.15) is 0 Å². The van der Waals surface area contributed by atoms with E-state index in [1.807, 2.05) is 0 Å². The first kappa shape index (κ1) is 12.6. The molecule has 0 aliphatic heterocycles. The summed E-state index contributed by atoms with van der Waals surface area (Å²) in [6.07, 6.45) is 2.35. The van der Waals surface area contributed by atoms with E-state index >= 15 is 0 Å². The van der Waals surface area contributed by atoms with Crippen LogP contribution in [0, 0.1) is 0 Å². The molecule has 0 N–H and O–H groups in total. The number of benzene rings is 2. The van der Waals surface area contributed by atoms with E-state index in [1.54, 1.807) is 0 Å². The largest absolute Gasteiger partial charge is 0.309 e. The van der Waals surface area contributed by atoms with Crippen LogP contribution in [0.1, 0.15) is 12.0 Å². The molecule has 0 saturated heterocycles. The van der Waals surface area contributed by atoms with Crippen molar-refractivity contribution in [2.24, 2.45) is 0 Å². The molecule has 2 heteroatoms. The Balaban J connectivity index is 2.24. The van der Waals surface area contributed by atoms with Crippen molar-refractivity contribution in [3.63, 3.8) is 0 Å². The fraction of sp³-hybridized carbons (Fsp3) is 0.333. The van der Waals surface area contributed by atoms with Crippen LogP contribution < -0.4 is 0 Å². The molecule has 0 atom stereocenters. The van der Waals surface area contributed by atoms with Crippen LogP contribution >= 0.6 is 15.9 Å². The lowest BCUT2D eigenvalue weighted by molar-refractivity contribution is 0.400. The third-order valence-electron chi connectivity index (χ3n) is 2.99. The molecule has 0 fully saturated rings. The molecule has 90 valence electrons. The fourth-order valence-electron chi connectivity index (χ4n) is 2.11. The van der Waals surface area contributed by atoms with Gasteiger partial charge < -0.3 is 4.90 Å². The van der Waals surface area contributed by atoms with Crippen LogP contribution in [0.25, 0.3) is 10.8 Å². The van der Waals surface area contributed by atoms with Gasteiger partial charge in [-0.25, -0.2) is 0 Å². The highest BCUT2D eigenvalue weighted by molar-refractivity contribution is 9.10. The zero-order chi connectivity index (χ0) is 12.3. The smallest absolute Gasteiger partial charge is 0.0181 e. The summed E-state index contributed by atoms with van der Waals surface area (Å²) in [5, 5.41) is 2.70. The summed E-state index contributed by atoms with van der Waals surface area (Å²) in [4.78, 5) is 2.24. The topological polar surface area (TPSA) is 3.24 Å². The van der Waals surface area contributed by atoms with Crippen LogP contribution in [-0.4, -0.2) is 25.5 Å². The van der Waals surface area contributed by atoms with Gasteiger partial charge in [0, 0.05) is 4.47 Å². The van der Waals surface area contributed by atoms with Crippen molar-refractivity contribution in [3.8, 4) is 0 Å². The van der Waals surface area contributed by atoms with Crippen molar-refractivity contribution in [1.29, 1.82) is 0 Å². The molecule has 0 aliphatic carbocycles. The predicted octanol–water partition coefficient (Wildman–Crippen LogP) is 4.10. The van der Waals surface area contributed by atoms with Gasteiger partial charge in [0.05, 0.1) is 0 Å². The molecular formula is C15H18BrN. The molecular weight excluding hydrogens is 274 g/mol. The standard InChI is InChI=1S/C15H18BrN/c1-17(2)10-4-7-12-5-3-6-13-8-9-14(16)11-15(12)13/h3,5-6,8-9,11H,4,7,10H2,1-2H3. The second kappa shape index (κ2) is 5.65. The van der Waals surface area contributed by atoms with E-state index in [1.165, 1.54) is 22.8 Å². The molecule has 0 unspecified atom stereocenters. The number of fused-ring (bicyclic) bond motifs is 1. The van der Waals surface area contributed by atoms with E-state index in [4.69, 9.17) is 0 Å². The Morgan fingerprint density at radius 1 is 1.12 bits per heavy atom. The highest BCUT2D eigenvalue weighted by Crippen LogP contribution is 2.24. The van der Waals surface area contributed by atoms with E-state index in [-0.39, 0.29) is 0 Å². The number of hydrogen-bond donors (Lipinski definition) is 0. The van der Waals surface area contributed by atoms with Gasteiger partial charge in [-0.1, -0.05) is 40.2 Å². The highest BCUT2D eigenvalue weighted by Gasteiger charge is 2.02. The zero-order valence-corrected chi connectivity index (χ0v) is 12.0. The summed E-state index contributed by atoms with van der Waals surface area (Å²) < 4.78 is 1.16. The zero-order valence-electron chi connectivity index (χ0n) is 10.4. The molecule has 0 amide bonds. The number of halogens is 1. The number of hydrogen-bond acceptors (Lipinski definition) is 1. The van der Waals surface area contributed by atoms with Crippen LogP contribution in [0.2, 0.25) is 0 Å². The molecule has 2 aromatic carbocycles. The van der Waals surface area contributed by atoms with E-state index < -0.39 is 0 Å². The van der Waals surface area contributed by atoms with Crippen LogP contribution in [0.15, 0.2) is 40.9 Å². The molecule has 0 heterocycles. The molecule has 17 heavy (non-hydrogen) atoms. The maximum absolute atomic E-state index is 3.55. The molecule has 2 rings (SSSR count). The first-order chi connectivity index (χ1) is 8.16.